The monoisotopic (exact) mass is 411 g/mol. The van der Waals surface area contributed by atoms with Gasteiger partial charge in [-0.1, -0.05) is 0 Å². The molecule has 1 saturated heterocycles. The van der Waals surface area contributed by atoms with Crippen LogP contribution in [-0.2, 0) is 0 Å². The highest BCUT2D eigenvalue weighted by atomic mass is 19.1. The van der Waals surface area contributed by atoms with Crippen molar-refractivity contribution in [3.63, 3.8) is 0 Å². The Morgan fingerprint density at radius 3 is 2.83 bits per heavy atom. The predicted molar refractivity (Wildman–Crippen MR) is 118 cm³/mol. The van der Waals surface area contributed by atoms with Gasteiger partial charge in [0.25, 0.3) is 0 Å². The fourth-order valence-corrected chi connectivity index (χ4v) is 3.75. The van der Waals surface area contributed by atoms with Crippen LogP contribution in [0.25, 0.3) is 11.1 Å². The van der Waals surface area contributed by atoms with E-state index in [4.69, 9.17) is 20.5 Å². The number of nitrogen functional groups attached to an aromatic ring is 1. The van der Waals surface area contributed by atoms with Crippen LogP contribution in [0.15, 0.2) is 34.9 Å². The SMILES string of the molecule is N=Cc1ccc(Nc2nc(N3CCC(CNCCF)CC3)c3occc3n2)cc1N. The zero-order valence-corrected chi connectivity index (χ0v) is 16.7. The zero-order chi connectivity index (χ0) is 20.9. The van der Waals surface area contributed by atoms with Crippen molar-refractivity contribution >= 4 is 40.5 Å². The molecule has 0 saturated carbocycles. The molecule has 1 fully saturated rings. The molecule has 158 valence electrons. The second-order valence-corrected chi connectivity index (χ2v) is 7.44. The average Bonchev–Trinajstić information content (AvgIpc) is 3.23. The van der Waals surface area contributed by atoms with Crippen LogP contribution >= 0.6 is 0 Å². The van der Waals surface area contributed by atoms with Gasteiger partial charge in [0.05, 0.1) is 6.26 Å². The summed E-state index contributed by atoms with van der Waals surface area (Å²) in [6.07, 6.45) is 4.87. The van der Waals surface area contributed by atoms with Gasteiger partial charge < -0.3 is 31.1 Å². The normalized spacial score (nSPS) is 14.9. The summed E-state index contributed by atoms with van der Waals surface area (Å²) < 4.78 is 18.0. The van der Waals surface area contributed by atoms with Crippen molar-refractivity contribution in [3.05, 3.63) is 36.1 Å². The third-order valence-corrected chi connectivity index (χ3v) is 5.40. The van der Waals surface area contributed by atoms with Gasteiger partial charge in [-0.25, -0.2) is 9.37 Å². The molecule has 0 atom stereocenters. The van der Waals surface area contributed by atoms with Crippen LogP contribution in [0.4, 0.5) is 27.5 Å². The van der Waals surface area contributed by atoms with Gasteiger partial charge in [0, 0.05) is 48.9 Å². The van der Waals surface area contributed by atoms with E-state index in [0.717, 1.165) is 49.5 Å². The minimum atomic E-state index is -0.332. The minimum absolute atomic E-state index is 0.332. The van der Waals surface area contributed by atoms with Gasteiger partial charge in [-0.15, -0.1) is 0 Å². The molecule has 0 aliphatic carbocycles. The second-order valence-electron chi connectivity index (χ2n) is 7.44. The van der Waals surface area contributed by atoms with Crippen LogP contribution in [0.5, 0.6) is 0 Å². The molecule has 0 radical (unpaired) electrons. The van der Waals surface area contributed by atoms with E-state index in [1.54, 1.807) is 18.4 Å². The smallest absolute Gasteiger partial charge is 0.229 e. The van der Waals surface area contributed by atoms with Gasteiger partial charge in [0.2, 0.25) is 5.95 Å². The summed E-state index contributed by atoms with van der Waals surface area (Å²) >= 11 is 0. The number of nitrogens with one attached hydrogen (secondary N) is 3. The second kappa shape index (κ2) is 9.08. The van der Waals surface area contributed by atoms with Crippen LogP contribution in [0.3, 0.4) is 0 Å². The highest BCUT2D eigenvalue weighted by Crippen LogP contribution is 2.30. The molecular formula is C21H26FN7O. The van der Waals surface area contributed by atoms with Gasteiger partial charge in [-0.2, -0.15) is 4.98 Å². The average molecular weight is 411 g/mol. The molecule has 1 aliphatic heterocycles. The number of hydrogen-bond acceptors (Lipinski definition) is 8. The highest BCUT2D eigenvalue weighted by molar-refractivity contribution is 5.87. The molecule has 4 rings (SSSR count). The summed E-state index contributed by atoms with van der Waals surface area (Å²) in [4.78, 5) is 11.5. The largest absolute Gasteiger partial charge is 0.459 e. The first-order valence-electron chi connectivity index (χ1n) is 10.1. The third kappa shape index (κ3) is 4.35. The van der Waals surface area contributed by atoms with Crippen molar-refractivity contribution in [2.75, 3.05) is 48.8 Å². The Morgan fingerprint density at radius 1 is 1.27 bits per heavy atom. The number of hydrogen-bond donors (Lipinski definition) is 4. The molecule has 30 heavy (non-hydrogen) atoms. The summed E-state index contributed by atoms with van der Waals surface area (Å²) in [5.74, 6) is 1.77. The number of rotatable bonds is 8. The molecule has 0 unspecified atom stereocenters. The van der Waals surface area contributed by atoms with Crippen LogP contribution in [0.2, 0.25) is 0 Å². The first-order chi connectivity index (χ1) is 14.7. The summed E-state index contributed by atoms with van der Waals surface area (Å²) in [7, 11) is 0. The first-order valence-corrected chi connectivity index (χ1v) is 10.1. The summed E-state index contributed by atoms with van der Waals surface area (Å²) in [6.45, 7) is 2.64. The van der Waals surface area contributed by atoms with Gasteiger partial charge in [-0.05, 0) is 43.5 Å². The molecule has 3 aromatic rings. The molecule has 0 amide bonds. The molecule has 0 spiro atoms. The Morgan fingerprint density at radius 2 is 2.10 bits per heavy atom. The molecule has 3 heterocycles. The standard InChI is InChI=1S/C21H26FN7O/c22-6-7-25-13-14-3-8-29(9-4-14)20-19-18(5-10-30-19)27-21(28-20)26-16-2-1-15(12-23)17(24)11-16/h1-2,5,10-12,14,23,25H,3-4,6-9,13,24H2,(H,26,27,28). The molecule has 5 N–H and O–H groups in total. The number of halogens is 1. The van der Waals surface area contributed by atoms with Gasteiger partial charge in [-0.3, -0.25) is 0 Å². The number of nitrogens with two attached hydrogens (primary N) is 1. The van der Waals surface area contributed by atoms with Crippen LogP contribution in [-0.4, -0.2) is 49.0 Å². The van der Waals surface area contributed by atoms with Crippen LogP contribution < -0.4 is 21.3 Å². The highest BCUT2D eigenvalue weighted by Gasteiger charge is 2.23. The number of fused-ring (bicyclic) bond motifs is 1. The van der Waals surface area contributed by atoms with Crippen molar-refractivity contribution in [2.45, 2.75) is 12.8 Å². The molecule has 0 bridgehead atoms. The lowest BCUT2D eigenvalue weighted by molar-refractivity contribution is 0.369. The molecule has 8 nitrogen and oxygen atoms in total. The van der Waals surface area contributed by atoms with Crippen molar-refractivity contribution < 1.29 is 8.81 Å². The Labute approximate surface area is 174 Å². The lowest BCUT2D eigenvalue weighted by Crippen LogP contribution is -2.38. The number of benzene rings is 1. The molecule has 9 heteroatoms. The van der Waals surface area contributed by atoms with E-state index in [1.807, 2.05) is 12.1 Å². The Balaban J connectivity index is 1.52. The Bertz CT molecular complexity index is 1010. The fraction of sp³-hybridized carbons (Fsp3) is 0.381. The van der Waals surface area contributed by atoms with Crippen molar-refractivity contribution in [1.29, 1.82) is 5.41 Å². The van der Waals surface area contributed by atoms with E-state index in [0.29, 0.717) is 35.2 Å². The maximum Gasteiger partial charge on any atom is 0.229 e. The summed E-state index contributed by atoms with van der Waals surface area (Å²) in [5, 5.41) is 13.7. The number of nitrogens with zero attached hydrogens (tertiary/aromatic N) is 3. The number of anilines is 4. The van der Waals surface area contributed by atoms with Crippen molar-refractivity contribution in [1.82, 2.24) is 15.3 Å². The minimum Gasteiger partial charge on any atom is -0.459 e. The quantitative estimate of drug-likeness (QED) is 0.255. The number of furan rings is 1. The van der Waals surface area contributed by atoms with Gasteiger partial charge >= 0.3 is 0 Å². The van der Waals surface area contributed by atoms with E-state index in [2.05, 4.69) is 20.5 Å². The topological polar surface area (TPSA) is 116 Å². The number of alkyl halides is 1. The van der Waals surface area contributed by atoms with Gasteiger partial charge in [0.1, 0.15) is 12.2 Å². The number of aromatic nitrogens is 2. The summed E-state index contributed by atoms with van der Waals surface area (Å²) in [5.41, 5.74) is 9.32. The van der Waals surface area contributed by atoms with E-state index in [9.17, 15) is 4.39 Å². The maximum absolute atomic E-state index is 12.3. The summed E-state index contributed by atoms with van der Waals surface area (Å²) in [6, 6.07) is 7.21. The first kappa shape index (κ1) is 20.1. The van der Waals surface area contributed by atoms with E-state index in [1.165, 1.54) is 6.21 Å². The fourth-order valence-electron chi connectivity index (χ4n) is 3.75. The van der Waals surface area contributed by atoms with Crippen molar-refractivity contribution in [2.24, 2.45) is 5.92 Å². The third-order valence-electron chi connectivity index (χ3n) is 5.40. The molecule has 1 aromatic carbocycles. The lowest BCUT2D eigenvalue weighted by Gasteiger charge is -2.32. The number of piperidine rings is 1. The maximum atomic E-state index is 12.3. The van der Waals surface area contributed by atoms with Gasteiger partial charge in [0.15, 0.2) is 11.4 Å². The molecule has 1 aliphatic rings. The van der Waals surface area contributed by atoms with E-state index >= 15 is 0 Å². The zero-order valence-electron chi connectivity index (χ0n) is 16.7. The van der Waals surface area contributed by atoms with E-state index < -0.39 is 0 Å². The van der Waals surface area contributed by atoms with E-state index in [-0.39, 0.29) is 6.67 Å². The Hall–Kier alpha value is -3.20. The van der Waals surface area contributed by atoms with Crippen molar-refractivity contribution in [3.8, 4) is 0 Å². The Kier molecular flexibility index (Phi) is 6.08. The van der Waals surface area contributed by atoms with Crippen LogP contribution in [0, 0.1) is 11.3 Å². The van der Waals surface area contributed by atoms with Crippen LogP contribution in [0.1, 0.15) is 18.4 Å². The predicted octanol–water partition coefficient (Wildman–Crippen LogP) is 3.32. The molecular weight excluding hydrogens is 385 g/mol. The lowest BCUT2D eigenvalue weighted by atomic mass is 9.97. The molecule has 2 aromatic heterocycles.